The molecule has 0 aliphatic heterocycles. The van der Waals surface area contributed by atoms with Gasteiger partial charge in [-0.2, -0.15) is 0 Å². The van der Waals surface area contributed by atoms with Crippen molar-refractivity contribution in [2.75, 3.05) is 13.7 Å². The lowest BCUT2D eigenvalue weighted by molar-refractivity contribution is 0.347. The van der Waals surface area contributed by atoms with Crippen LogP contribution in [-0.2, 0) is 6.54 Å². The van der Waals surface area contributed by atoms with Gasteiger partial charge in [0, 0.05) is 23.2 Å². The van der Waals surface area contributed by atoms with E-state index in [2.05, 4.69) is 26.1 Å². The van der Waals surface area contributed by atoms with E-state index in [1.54, 1.807) is 7.11 Å². The van der Waals surface area contributed by atoms with Crippen molar-refractivity contribution in [1.29, 1.82) is 0 Å². The Bertz CT molecular complexity index is 467. The molecule has 0 fully saturated rings. The van der Waals surface area contributed by atoms with Crippen molar-refractivity contribution < 1.29 is 9.47 Å². The third-order valence-corrected chi connectivity index (χ3v) is 3.15. The molecule has 0 unspecified atom stereocenters. The van der Waals surface area contributed by atoms with E-state index >= 15 is 0 Å². The standard InChI is InChI=1S/C15H21Cl2NO2/c1-15(2,3)18-9-11-7-13(19-4)5-6-14(11)20-10-12(17)8-16/h5-8,18H,9-10H2,1-4H3. The Morgan fingerprint density at radius 1 is 1.35 bits per heavy atom. The first-order valence-corrected chi connectivity index (χ1v) is 7.16. The number of halogens is 2. The second-order valence-electron chi connectivity index (χ2n) is 5.42. The fourth-order valence-electron chi connectivity index (χ4n) is 1.50. The number of hydrogen-bond donors (Lipinski definition) is 1. The van der Waals surface area contributed by atoms with Crippen LogP contribution in [0.1, 0.15) is 26.3 Å². The zero-order valence-corrected chi connectivity index (χ0v) is 13.8. The smallest absolute Gasteiger partial charge is 0.125 e. The molecular formula is C15H21Cl2NO2. The van der Waals surface area contributed by atoms with Crippen molar-refractivity contribution in [2.45, 2.75) is 32.9 Å². The molecule has 0 amide bonds. The Hall–Kier alpha value is -0.900. The van der Waals surface area contributed by atoms with Crippen molar-refractivity contribution in [1.82, 2.24) is 5.32 Å². The second-order valence-corrected chi connectivity index (χ2v) is 6.13. The summed E-state index contributed by atoms with van der Waals surface area (Å²) in [5, 5.41) is 3.88. The predicted molar refractivity (Wildman–Crippen MR) is 84.9 cm³/mol. The Labute approximate surface area is 130 Å². The number of ether oxygens (including phenoxy) is 2. The van der Waals surface area contributed by atoms with Gasteiger partial charge in [0.2, 0.25) is 0 Å². The summed E-state index contributed by atoms with van der Waals surface area (Å²) in [5.74, 6) is 1.56. The summed E-state index contributed by atoms with van der Waals surface area (Å²) >= 11 is 11.4. The van der Waals surface area contributed by atoms with E-state index in [1.165, 1.54) is 5.54 Å². The second kappa shape index (κ2) is 7.77. The Morgan fingerprint density at radius 2 is 2.05 bits per heavy atom. The summed E-state index contributed by atoms with van der Waals surface area (Å²) in [5.41, 5.74) is 2.34. The maximum absolute atomic E-state index is 5.84. The van der Waals surface area contributed by atoms with Crippen LogP contribution in [0, 0.1) is 0 Å². The lowest BCUT2D eigenvalue weighted by Gasteiger charge is -2.22. The van der Waals surface area contributed by atoms with Crippen LogP contribution >= 0.6 is 23.2 Å². The molecule has 1 rings (SSSR count). The molecule has 0 heterocycles. The fourth-order valence-corrected chi connectivity index (χ4v) is 1.62. The van der Waals surface area contributed by atoms with Crippen LogP contribution in [-0.4, -0.2) is 19.3 Å². The summed E-state index contributed by atoms with van der Waals surface area (Å²) in [4.78, 5) is 0. The number of benzene rings is 1. The molecular weight excluding hydrogens is 297 g/mol. The maximum Gasteiger partial charge on any atom is 0.125 e. The van der Waals surface area contributed by atoms with Gasteiger partial charge in [0.15, 0.2) is 0 Å². The summed E-state index contributed by atoms with van der Waals surface area (Å²) < 4.78 is 10.9. The quantitative estimate of drug-likeness (QED) is 0.849. The van der Waals surface area contributed by atoms with Gasteiger partial charge in [-0.15, -0.1) is 0 Å². The van der Waals surface area contributed by atoms with Gasteiger partial charge in [-0.25, -0.2) is 0 Å². The zero-order valence-electron chi connectivity index (χ0n) is 12.3. The van der Waals surface area contributed by atoms with Crippen molar-refractivity contribution in [2.24, 2.45) is 0 Å². The van der Waals surface area contributed by atoms with Gasteiger partial charge in [0.05, 0.1) is 12.1 Å². The minimum absolute atomic E-state index is 0.0219. The normalized spacial score (nSPS) is 12.4. The van der Waals surface area contributed by atoms with E-state index in [0.29, 0.717) is 11.6 Å². The largest absolute Gasteiger partial charge is 0.497 e. The van der Waals surface area contributed by atoms with Crippen molar-refractivity contribution in [3.63, 3.8) is 0 Å². The van der Waals surface area contributed by atoms with Crippen molar-refractivity contribution in [3.05, 3.63) is 34.3 Å². The summed E-state index contributed by atoms with van der Waals surface area (Å²) in [6, 6.07) is 5.68. The third-order valence-electron chi connectivity index (χ3n) is 2.56. The molecule has 3 nitrogen and oxygen atoms in total. The lowest BCUT2D eigenvalue weighted by Crippen LogP contribution is -2.35. The average molecular weight is 318 g/mol. The van der Waals surface area contributed by atoms with Gasteiger partial charge in [0.1, 0.15) is 18.1 Å². The van der Waals surface area contributed by atoms with E-state index in [9.17, 15) is 0 Å². The summed E-state index contributed by atoms with van der Waals surface area (Å²) in [6.07, 6.45) is 0. The number of hydrogen-bond acceptors (Lipinski definition) is 3. The van der Waals surface area contributed by atoms with Gasteiger partial charge < -0.3 is 14.8 Å². The van der Waals surface area contributed by atoms with Gasteiger partial charge in [-0.3, -0.25) is 0 Å². The highest BCUT2D eigenvalue weighted by Gasteiger charge is 2.12. The van der Waals surface area contributed by atoms with Gasteiger partial charge >= 0.3 is 0 Å². The molecule has 0 aliphatic carbocycles. The summed E-state index contributed by atoms with van der Waals surface area (Å²) in [7, 11) is 1.64. The zero-order chi connectivity index (χ0) is 15.2. The highest BCUT2D eigenvalue weighted by Crippen LogP contribution is 2.25. The van der Waals surface area contributed by atoms with Crippen molar-refractivity contribution >= 4 is 23.2 Å². The first-order chi connectivity index (χ1) is 9.35. The van der Waals surface area contributed by atoms with E-state index in [1.807, 2.05) is 18.2 Å². The number of rotatable bonds is 6. The topological polar surface area (TPSA) is 30.5 Å². The van der Waals surface area contributed by atoms with Crippen LogP contribution in [0.25, 0.3) is 0 Å². The Kier molecular flexibility index (Phi) is 6.66. The van der Waals surface area contributed by atoms with Crippen LogP contribution in [0.5, 0.6) is 11.5 Å². The third kappa shape index (κ3) is 6.04. The molecule has 112 valence electrons. The molecule has 20 heavy (non-hydrogen) atoms. The molecule has 0 aliphatic rings. The highest BCUT2D eigenvalue weighted by molar-refractivity contribution is 6.36. The van der Waals surface area contributed by atoms with Crippen LogP contribution in [0.3, 0.4) is 0 Å². The van der Waals surface area contributed by atoms with Gasteiger partial charge in [-0.05, 0) is 39.0 Å². The van der Waals surface area contributed by atoms with Crippen LogP contribution < -0.4 is 14.8 Å². The van der Waals surface area contributed by atoms with Crippen LogP contribution in [0.4, 0.5) is 0 Å². The monoisotopic (exact) mass is 317 g/mol. The Morgan fingerprint density at radius 3 is 2.60 bits per heavy atom. The van der Waals surface area contributed by atoms with Crippen LogP contribution in [0.2, 0.25) is 0 Å². The molecule has 1 aromatic carbocycles. The minimum Gasteiger partial charge on any atom is -0.497 e. The van der Waals surface area contributed by atoms with Gasteiger partial charge in [0.25, 0.3) is 0 Å². The first-order valence-electron chi connectivity index (χ1n) is 6.35. The van der Waals surface area contributed by atoms with E-state index < -0.39 is 0 Å². The fraction of sp³-hybridized carbons (Fsp3) is 0.467. The molecule has 0 bridgehead atoms. The van der Waals surface area contributed by atoms with E-state index in [4.69, 9.17) is 32.7 Å². The lowest BCUT2D eigenvalue weighted by atomic mass is 10.1. The maximum atomic E-state index is 5.84. The molecule has 0 atom stereocenters. The molecule has 0 aromatic heterocycles. The highest BCUT2D eigenvalue weighted by atomic mass is 35.5. The molecule has 5 heteroatoms. The molecule has 1 aromatic rings. The molecule has 0 saturated carbocycles. The Balaban J connectivity index is 2.86. The molecule has 1 N–H and O–H groups in total. The minimum atomic E-state index is 0.0219. The van der Waals surface area contributed by atoms with Gasteiger partial charge in [-0.1, -0.05) is 23.2 Å². The average Bonchev–Trinajstić information content (AvgIpc) is 2.41. The SMILES string of the molecule is COc1ccc(OCC(Cl)=CCl)c(CNC(C)(C)C)c1. The van der Waals surface area contributed by atoms with Crippen LogP contribution in [0.15, 0.2) is 28.8 Å². The van der Waals surface area contributed by atoms with E-state index in [0.717, 1.165) is 17.1 Å². The van der Waals surface area contributed by atoms with E-state index in [-0.39, 0.29) is 12.1 Å². The van der Waals surface area contributed by atoms with Crippen molar-refractivity contribution in [3.8, 4) is 11.5 Å². The first kappa shape index (κ1) is 17.2. The number of methoxy groups -OCH3 is 1. The molecule has 0 saturated heterocycles. The number of nitrogens with one attached hydrogen (secondary N) is 1. The molecule has 0 radical (unpaired) electrons. The predicted octanol–water partition coefficient (Wildman–Crippen LogP) is 4.28. The summed E-state index contributed by atoms with van der Waals surface area (Å²) in [6.45, 7) is 7.26. The molecule has 0 spiro atoms.